The molecule has 1 aliphatic rings. The molecule has 2 aromatic heterocycles. The Bertz CT molecular complexity index is 1270. The predicted octanol–water partition coefficient (Wildman–Crippen LogP) is 5.37. The van der Waals surface area contributed by atoms with Gasteiger partial charge in [0.1, 0.15) is 11.8 Å². The number of aryl methyl sites for hydroxylation is 2. The number of nitrogens with zero attached hydrogens (tertiary/aromatic N) is 3. The van der Waals surface area contributed by atoms with Gasteiger partial charge in [0.15, 0.2) is 5.11 Å². The van der Waals surface area contributed by atoms with Crippen molar-refractivity contribution in [3.8, 4) is 11.4 Å². The number of anilines is 1. The minimum atomic E-state index is -0.115. The minimum absolute atomic E-state index is 0.108. The van der Waals surface area contributed by atoms with Gasteiger partial charge in [-0.2, -0.15) is 0 Å². The first-order valence-electron chi connectivity index (χ1n) is 10.6. The lowest BCUT2D eigenvalue weighted by atomic mass is 10.00. The molecule has 5 rings (SSSR count). The van der Waals surface area contributed by atoms with Crippen LogP contribution < -0.4 is 10.2 Å². The number of hydrogen-bond acceptors (Lipinski definition) is 3. The number of rotatable bonds is 4. The molecule has 5 nitrogen and oxygen atoms in total. The number of benzene rings is 2. The number of pyridine rings is 1. The first-order valence-corrected chi connectivity index (χ1v) is 11.0. The molecule has 6 heteroatoms. The quantitative estimate of drug-likeness (QED) is 0.418. The highest BCUT2D eigenvalue weighted by Gasteiger charge is 2.42. The summed E-state index contributed by atoms with van der Waals surface area (Å²) < 4.78 is 2.14. The molecular weight excluding hydrogens is 416 g/mol. The summed E-state index contributed by atoms with van der Waals surface area (Å²) in [5.74, 6) is 0.245. The third kappa shape index (κ3) is 3.52. The van der Waals surface area contributed by atoms with Crippen LogP contribution in [-0.4, -0.2) is 19.8 Å². The van der Waals surface area contributed by atoms with Gasteiger partial charge in [0.25, 0.3) is 0 Å². The third-order valence-corrected chi connectivity index (χ3v) is 6.39. The van der Waals surface area contributed by atoms with Crippen molar-refractivity contribution in [2.45, 2.75) is 25.9 Å². The highest BCUT2D eigenvalue weighted by atomic mass is 32.1. The normalized spacial score (nSPS) is 18.1. The molecule has 4 aromatic rings. The van der Waals surface area contributed by atoms with Crippen molar-refractivity contribution < 1.29 is 5.11 Å². The maximum absolute atomic E-state index is 9.75. The molecule has 0 unspecified atom stereocenters. The number of aromatic nitrogens is 2. The van der Waals surface area contributed by atoms with Crippen LogP contribution in [0.5, 0.6) is 5.75 Å². The van der Waals surface area contributed by atoms with E-state index < -0.39 is 0 Å². The molecule has 3 heterocycles. The summed E-state index contributed by atoms with van der Waals surface area (Å²) in [5, 5.41) is 13.9. The van der Waals surface area contributed by atoms with Crippen LogP contribution in [0.15, 0.2) is 85.2 Å². The van der Waals surface area contributed by atoms with Crippen molar-refractivity contribution in [3.05, 3.63) is 108 Å². The fourth-order valence-corrected chi connectivity index (χ4v) is 4.64. The van der Waals surface area contributed by atoms with Crippen molar-refractivity contribution in [2.24, 2.45) is 0 Å². The average molecular weight is 441 g/mol. The summed E-state index contributed by atoms with van der Waals surface area (Å²) in [6.45, 7) is 4.24. The van der Waals surface area contributed by atoms with E-state index in [0.29, 0.717) is 5.11 Å². The molecule has 32 heavy (non-hydrogen) atoms. The largest absolute Gasteiger partial charge is 0.508 e. The fourth-order valence-electron chi connectivity index (χ4n) is 4.29. The zero-order valence-electron chi connectivity index (χ0n) is 17.9. The SMILES string of the molecule is Cc1ccc(N2C(=S)N[C@H](c3ccccn3)[C@@H]2c2cccn2-c2ccc(O)cc2)cc1C. The maximum atomic E-state index is 9.75. The van der Waals surface area contributed by atoms with Gasteiger partial charge in [-0.25, -0.2) is 0 Å². The Morgan fingerprint density at radius 3 is 2.41 bits per heavy atom. The van der Waals surface area contributed by atoms with Crippen molar-refractivity contribution in [1.29, 1.82) is 0 Å². The Kier molecular flexibility index (Phi) is 5.15. The van der Waals surface area contributed by atoms with Gasteiger partial charge in [-0.05, 0) is 97.9 Å². The minimum Gasteiger partial charge on any atom is -0.508 e. The molecule has 2 atom stereocenters. The molecule has 2 aromatic carbocycles. The first-order chi connectivity index (χ1) is 15.5. The molecular formula is C26H24N4OS. The van der Waals surface area contributed by atoms with Gasteiger partial charge >= 0.3 is 0 Å². The molecule has 0 aliphatic carbocycles. The van der Waals surface area contributed by atoms with Gasteiger partial charge in [-0.15, -0.1) is 0 Å². The van der Waals surface area contributed by atoms with Gasteiger partial charge in [-0.3, -0.25) is 4.98 Å². The van der Waals surface area contributed by atoms with Gasteiger partial charge in [0.05, 0.1) is 11.7 Å². The van der Waals surface area contributed by atoms with Gasteiger partial charge in [-0.1, -0.05) is 12.1 Å². The summed E-state index contributed by atoms with van der Waals surface area (Å²) in [7, 11) is 0. The Balaban J connectivity index is 1.67. The second-order valence-corrected chi connectivity index (χ2v) is 8.47. The Hall–Kier alpha value is -3.64. The van der Waals surface area contributed by atoms with Gasteiger partial charge < -0.3 is 19.9 Å². The number of nitrogens with one attached hydrogen (secondary N) is 1. The molecule has 1 aliphatic heterocycles. The van der Waals surface area contributed by atoms with E-state index in [2.05, 4.69) is 57.9 Å². The fraction of sp³-hybridized carbons (Fsp3) is 0.154. The van der Waals surface area contributed by atoms with E-state index >= 15 is 0 Å². The summed E-state index contributed by atoms with van der Waals surface area (Å²) in [5.41, 5.74) is 6.51. The second kappa shape index (κ2) is 8.13. The van der Waals surface area contributed by atoms with Crippen LogP contribution in [-0.2, 0) is 0 Å². The van der Waals surface area contributed by atoms with Crippen LogP contribution in [0.25, 0.3) is 5.69 Å². The molecule has 1 saturated heterocycles. The molecule has 2 N–H and O–H groups in total. The Morgan fingerprint density at radius 2 is 1.69 bits per heavy atom. The number of phenolic OH excluding ortho intramolecular Hbond substituents is 1. The number of thiocarbonyl (C=S) groups is 1. The summed E-state index contributed by atoms with van der Waals surface area (Å²) in [6, 6.07) is 23.6. The summed E-state index contributed by atoms with van der Waals surface area (Å²) >= 11 is 5.85. The first kappa shape index (κ1) is 20.3. The van der Waals surface area contributed by atoms with Gasteiger partial charge in [0, 0.05) is 29.5 Å². The van der Waals surface area contributed by atoms with Crippen LogP contribution in [0.2, 0.25) is 0 Å². The van der Waals surface area contributed by atoms with Crippen molar-refractivity contribution in [2.75, 3.05) is 4.90 Å². The Morgan fingerprint density at radius 1 is 0.906 bits per heavy atom. The lowest BCUT2D eigenvalue weighted by Crippen LogP contribution is -2.30. The number of phenols is 1. The van der Waals surface area contributed by atoms with E-state index in [4.69, 9.17) is 12.2 Å². The zero-order valence-corrected chi connectivity index (χ0v) is 18.8. The highest BCUT2D eigenvalue weighted by Crippen LogP contribution is 2.42. The van der Waals surface area contributed by atoms with Crippen LogP contribution in [0, 0.1) is 13.8 Å². The van der Waals surface area contributed by atoms with Crippen LogP contribution in [0.3, 0.4) is 0 Å². The monoisotopic (exact) mass is 440 g/mol. The second-order valence-electron chi connectivity index (χ2n) is 8.08. The molecule has 0 amide bonds. The highest BCUT2D eigenvalue weighted by molar-refractivity contribution is 7.80. The third-order valence-electron chi connectivity index (χ3n) is 6.08. The van der Waals surface area contributed by atoms with E-state index in [1.807, 2.05) is 48.8 Å². The molecule has 0 radical (unpaired) electrons. The number of aromatic hydroxyl groups is 1. The molecule has 0 bridgehead atoms. The Labute approximate surface area is 193 Å². The number of hydrogen-bond donors (Lipinski definition) is 2. The topological polar surface area (TPSA) is 53.3 Å². The van der Waals surface area contributed by atoms with Crippen molar-refractivity contribution in [1.82, 2.24) is 14.9 Å². The molecule has 0 spiro atoms. The van der Waals surface area contributed by atoms with Crippen LogP contribution >= 0.6 is 12.2 Å². The maximum Gasteiger partial charge on any atom is 0.174 e. The van der Waals surface area contributed by atoms with E-state index in [0.717, 1.165) is 22.8 Å². The van der Waals surface area contributed by atoms with E-state index in [1.165, 1.54) is 11.1 Å². The van der Waals surface area contributed by atoms with E-state index in [-0.39, 0.29) is 17.8 Å². The summed E-state index contributed by atoms with van der Waals surface area (Å²) in [4.78, 5) is 6.83. The predicted molar refractivity (Wildman–Crippen MR) is 131 cm³/mol. The van der Waals surface area contributed by atoms with Crippen LogP contribution in [0.1, 0.15) is 34.6 Å². The summed E-state index contributed by atoms with van der Waals surface area (Å²) in [6.07, 6.45) is 3.85. The van der Waals surface area contributed by atoms with Gasteiger partial charge in [0.2, 0.25) is 0 Å². The zero-order chi connectivity index (χ0) is 22.2. The van der Waals surface area contributed by atoms with Crippen molar-refractivity contribution in [3.63, 3.8) is 0 Å². The van der Waals surface area contributed by atoms with E-state index in [9.17, 15) is 5.11 Å². The standard InChI is InChI=1S/C26H24N4OS/c1-17-8-9-20(16-18(17)2)30-25(24(28-26(30)32)22-6-3-4-14-27-22)23-7-5-15-29(23)19-10-12-21(31)13-11-19/h3-16,24-25,31H,1-2H3,(H,28,32)/t24-,25+/m1/s1. The average Bonchev–Trinajstić information content (AvgIpc) is 3.41. The van der Waals surface area contributed by atoms with Crippen LogP contribution in [0.4, 0.5) is 5.69 Å². The lowest BCUT2D eigenvalue weighted by molar-refractivity contribution is 0.475. The molecule has 160 valence electrons. The lowest BCUT2D eigenvalue weighted by Gasteiger charge is -2.29. The van der Waals surface area contributed by atoms with Crippen molar-refractivity contribution >= 4 is 23.0 Å². The smallest absolute Gasteiger partial charge is 0.174 e. The molecule has 0 saturated carbocycles. The van der Waals surface area contributed by atoms with E-state index in [1.54, 1.807) is 12.1 Å². The molecule has 1 fully saturated rings.